The quantitative estimate of drug-likeness (QED) is 0.397. The lowest BCUT2D eigenvalue weighted by atomic mass is 10.1. The van der Waals surface area contributed by atoms with Gasteiger partial charge in [0.05, 0.1) is 36.1 Å². The SMILES string of the molecule is COc1cc(-c2ccc(N[C@@H](C)c3ccc(C(F)(F)F)cc3)nn2)ccc1-n1cnc(C)c1. The number of nitrogens with one attached hydrogen (secondary N) is 1. The number of aromatic nitrogens is 4. The summed E-state index contributed by atoms with van der Waals surface area (Å²) in [4.78, 5) is 4.25. The van der Waals surface area contributed by atoms with E-state index in [1.807, 2.05) is 48.9 Å². The Kier molecular flexibility index (Phi) is 6.04. The van der Waals surface area contributed by atoms with E-state index in [9.17, 15) is 13.2 Å². The van der Waals surface area contributed by atoms with Gasteiger partial charge in [-0.15, -0.1) is 10.2 Å². The number of hydrogen-bond acceptors (Lipinski definition) is 5. The van der Waals surface area contributed by atoms with Gasteiger partial charge < -0.3 is 14.6 Å². The van der Waals surface area contributed by atoms with Crippen LogP contribution in [0.1, 0.15) is 29.8 Å². The number of ether oxygens (including phenoxy) is 1. The highest BCUT2D eigenvalue weighted by molar-refractivity contribution is 5.65. The molecule has 0 bridgehead atoms. The third-order valence-corrected chi connectivity index (χ3v) is 5.23. The molecule has 4 rings (SSSR count). The maximum absolute atomic E-state index is 12.8. The van der Waals surface area contributed by atoms with E-state index in [-0.39, 0.29) is 6.04 Å². The molecule has 0 saturated heterocycles. The normalized spacial score (nSPS) is 12.4. The molecule has 0 spiro atoms. The Morgan fingerprint density at radius 3 is 2.33 bits per heavy atom. The first-order valence-electron chi connectivity index (χ1n) is 10.2. The van der Waals surface area contributed by atoms with Gasteiger partial charge in [0.1, 0.15) is 11.6 Å². The van der Waals surface area contributed by atoms with Crippen LogP contribution >= 0.6 is 0 Å². The van der Waals surface area contributed by atoms with Gasteiger partial charge in [-0.2, -0.15) is 13.2 Å². The minimum Gasteiger partial charge on any atom is -0.495 e. The topological polar surface area (TPSA) is 64.9 Å². The van der Waals surface area contributed by atoms with Gasteiger partial charge in [0.25, 0.3) is 0 Å². The molecular weight excluding hydrogens is 431 g/mol. The van der Waals surface area contributed by atoms with Crippen molar-refractivity contribution >= 4 is 5.82 Å². The molecule has 2 aromatic carbocycles. The van der Waals surface area contributed by atoms with Crippen molar-refractivity contribution in [2.75, 3.05) is 12.4 Å². The number of benzene rings is 2. The van der Waals surface area contributed by atoms with Crippen LogP contribution in [0, 0.1) is 6.92 Å². The number of alkyl halides is 3. The highest BCUT2D eigenvalue weighted by Gasteiger charge is 2.30. The summed E-state index contributed by atoms with van der Waals surface area (Å²) in [6.07, 6.45) is -0.713. The van der Waals surface area contributed by atoms with Crippen molar-refractivity contribution < 1.29 is 17.9 Å². The summed E-state index contributed by atoms with van der Waals surface area (Å²) in [6.45, 7) is 3.76. The second kappa shape index (κ2) is 8.93. The molecule has 0 unspecified atom stereocenters. The zero-order chi connectivity index (χ0) is 23.6. The number of imidazole rings is 1. The first-order valence-corrected chi connectivity index (χ1v) is 10.2. The predicted octanol–water partition coefficient (Wildman–Crippen LogP) is 5.84. The fraction of sp³-hybridized carbons (Fsp3) is 0.208. The third kappa shape index (κ3) is 4.97. The van der Waals surface area contributed by atoms with Gasteiger partial charge in [-0.25, -0.2) is 4.98 Å². The number of hydrogen-bond donors (Lipinski definition) is 1. The Morgan fingerprint density at radius 1 is 1.00 bits per heavy atom. The van der Waals surface area contributed by atoms with Gasteiger partial charge in [0.2, 0.25) is 0 Å². The van der Waals surface area contributed by atoms with Gasteiger partial charge in [-0.1, -0.05) is 18.2 Å². The molecule has 1 atom stereocenters. The summed E-state index contributed by atoms with van der Waals surface area (Å²) in [5.41, 5.74) is 3.30. The van der Waals surface area contributed by atoms with E-state index >= 15 is 0 Å². The van der Waals surface area contributed by atoms with Crippen LogP contribution < -0.4 is 10.1 Å². The van der Waals surface area contributed by atoms with E-state index in [4.69, 9.17) is 4.74 Å². The molecule has 6 nitrogen and oxygen atoms in total. The predicted molar refractivity (Wildman–Crippen MR) is 119 cm³/mol. The average molecular weight is 453 g/mol. The van der Waals surface area contributed by atoms with Crippen LogP contribution in [0.25, 0.3) is 16.9 Å². The van der Waals surface area contributed by atoms with Gasteiger partial charge in [-0.05, 0) is 55.8 Å². The summed E-state index contributed by atoms with van der Waals surface area (Å²) in [5.74, 6) is 1.19. The fourth-order valence-corrected chi connectivity index (χ4v) is 3.43. The second-order valence-electron chi connectivity index (χ2n) is 7.60. The summed E-state index contributed by atoms with van der Waals surface area (Å²) >= 11 is 0. The van der Waals surface area contributed by atoms with E-state index in [0.717, 1.165) is 29.1 Å². The van der Waals surface area contributed by atoms with Crippen LogP contribution in [-0.2, 0) is 6.18 Å². The first kappa shape index (κ1) is 22.3. The van der Waals surface area contributed by atoms with Gasteiger partial charge in [0.15, 0.2) is 0 Å². The molecule has 170 valence electrons. The Balaban J connectivity index is 1.49. The molecule has 0 saturated carbocycles. The van der Waals surface area contributed by atoms with Crippen molar-refractivity contribution in [3.05, 3.63) is 83.9 Å². The van der Waals surface area contributed by atoms with Crippen molar-refractivity contribution in [1.29, 1.82) is 0 Å². The lowest BCUT2D eigenvalue weighted by molar-refractivity contribution is -0.137. The smallest absolute Gasteiger partial charge is 0.416 e. The molecule has 1 N–H and O–H groups in total. The third-order valence-electron chi connectivity index (χ3n) is 5.23. The molecule has 0 radical (unpaired) electrons. The lowest BCUT2D eigenvalue weighted by Gasteiger charge is -2.16. The molecule has 9 heteroatoms. The molecule has 4 aromatic rings. The fourth-order valence-electron chi connectivity index (χ4n) is 3.43. The monoisotopic (exact) mass is 453 g/mol. The van der Waals surface area contributed by atoms with Crippen molar-refractivity contribution in [2.45, 2.75) is 26.1 Å². The summed E-state index contributed by atoms with van der Waals surface area (Å²) in [5, 5.41) is 11.7. The Bertz CT molecular complexity index is 1230. The van der Waals surface area contributed by atoms with Gasteiger partial charge in [0, 0.05) is 17.8 Å². The van der Waals surface area contributed by atoms with E-state index < -0.39 is 11.7 Å². The van der Waals surface area contributed by atoms with Crippen LogP contribution in [0.5, 0.6) is 5.75 Å². The standard InChI is InChI=1S/C24H22F3N5O/c1-15-13-32(14-28-15)21-10-6-18(12-22(21)33-3)20-9-11-23(31-30-20)29-16(2)17-4-7-19(8-5-17)24(25,26)27/h4-14,16H,1-3H3,(H,29,31)/t16-/m0/s1. The molecule has 0 aliphatic rings. The first-order chi connectivity index (χ1) is 15.7. The second-order valence-corrected chi connectivity index (χ2v) is 7.60. The van der Waals surface area contributed by atoms with Crippen LogP contribution in [-0.4, -0.2) is 26.9 Å². The van der Waals surface area contributed by atoms with Crippen molar-refractivity contribution in [2.24, 2.45) is 0 Å². The van der Waals surface area contributed by atoms with Crippen LogP contribution in [0.3, 0.4) is 0 Å². The minimum atomic E-state index is -4.35. The van der Waals surface area contributed by atoms with Gasteiger partial charge in [-0.3, -0.25) is 0 Å². The molecule has 2 aromatic heterocycles. The molecule has 2 heterocycles. The Labute approximate surface area is 189 Å². The Hall–Kier alpha value is -3.88. The number of methoxy groups -OCH3 is 1. The van der Waals surface area contributed by atoms with Crippen molar-refractivity contribution in [3.8, 4) is 22.7 Å². The number of aryl methyl sites for hydroxylation is 1. The maximum Gasteiger partial charge on any atom is 0.416 e. The number of anilines is 1. The zero-order valence-electron chi connectivity index (χ0n) is 18.3. The zero-order valence-corrected chi connectivity index (χ0v) is 18.3. The largest absolute Gasteiger partial charge is 0.495 e. The minimum absolute atomic E-state index is 0.245. The lowest BCUT2D eigenvalue weighted by Crippen LogP contribution is -2.10. The van der Waals surface area contributed by atoms with Crippen LogP contribution in [0.4, 0.5) is 19.0 Å². The average Bonchev–Trinajstić information content (AvgIpc) is 3.24. The Morgan fingerprint density at radius 2 is 1.76 bits per heavy atom. The highest BCUT2D eigenvalue weighted by atomic mass is 19.4. The van der Waals surface area contributed by atoms with Crippen LogP contribution in [0.15, 0.2) is 67.1 Å². The van der Waals surface area contributed by atoms with Crippen molar-refractivity contribution in [1.82, 2.24) is 19.7 Å². The van der Waals surface area contributed by atoms with E-state index in [1.165, 1.54) is 12.1 Å². The number of nitrogens with zero attached hydrogens (tertiary/aromatic N) is 4. The molecule has 33 heavy (non-hydrogen) atoms. The van der Waals surface area contributed by atoms with E-state index in [1.54, 1.807) is 19.5 Å². The molecule has 0 aliphatic carbocycles. The summed E-state index contributed by atoms with van der Waals surface area (Å²) in [6, 6.07) is 14.2. The van der Waals surface area contributed by atoms with E-state index in [2.05, 4.69) is 20.5 Å². The molecular formula is C24H22F3N5O. The van der Waals surface area contributed by atoms with Gasteiger partial charge >= 0.3 is 6.18 Å². The van der Waals surface area contributed by atoms with Crippen LogP contribution in [0.2, 0.25) is 0 Å². The molecule has 0 amide bonds. The van der Waals surface area contributed by atoms with Crippen molar-refractivity contribution in [3.63, 3.8) is 0 Å². The molecule has 0 aliphatic heterocycles. The summed E-state index contributed by atoms with van der Waals surface area (Å²) < 4.78 is 45.7. The number of halogens is 3. The maximum atomic E-state index is 12.8. The number of rotatable bonds is 6. The highest BCUT2D eigenvalue weighted by Crippen LogP contribution is 2.31. The molecule has 0 fully saturated rings. The van der Waals surface area contributed by atoms with E-state index in [0.29, 0.717) is 22.8 Å². The summed E-state index contributed by atoms with van der Waals surface area (Å²) in [7, 11) is 1.60.